The fourth-order valence-electron chi connectivity index (χ4n) is 3.56. The minimum Gasteiger partial charge on any atom is -0.508 e. The Morgan fingerprint density at radius 1 is 0.968 bits per heavy atom. The van der Waals surface area contributed by atoms with Gasteiger partial charge in [0.1, 0.15) is 17.0 Å². The smallest absolute Gasteiger partial charge is 0.247 e. The third kappa shape index (κ3) is 4.74. The predicted molar refractivity (Wildman–Crippen MR) is 124 cm³/mol. The predicted octanol–water partition coefficient (Wildman–Crippen LogP) is 5.80. The summed E-state index contributed by atoms with van der Waals surface area (Å²) in [6.07, 6.45) is 3.48. The number of aromatic nitrogens is 3. The van der Waals surface area contributed by atoms with E-state index in [2.05, 4.69) is 39.6 Å². The number of anilines is 2. The van der Waals surface area contributed by atoms with E-state index in [0.717, 1.165) is 34.3 Å². The minimum absolute atomic E-state index is 0.150. The van der Waals surface area contributed by atoms with E-state index in [1.807, 2.05) is 37.3 Å². The van der Waals surface area contributed by atoms with Crippen LogP contribution in [0.4, 0.5) is 11.6 Å². The maximum absolute atomic E-state index is 9.98. The summed E-state index contributed by atoms with van der Waals surface area (Å²) in [6.45, 7) is 4.19. The van der Waals surface area contributed by atoms with Crippen molar-refractivity contribution in [2.45, 2.75) is 33.1 Å². The van der Waals surface area contributed by atoms with Gasteiger partial charge in [0.25, 0.3) is 0 Å². The number of hydrogen-bond acceptors (Lipinski definition) is 6. The second-order valence-electron chi connectivity index (χ2n) is 7.64. The molecule has 0 spiro atoms. The molecule has 0 bridgehead atoms. The number of benzene rings is 3. The molecule has 4 aromatic rings. The van der Waals surface area contributed by atoms with Crippen LogP contribution in [0.15, 0.2) is 54.6 Å². The molecule has 31 heavy (non-hydrogen) atoms. The number of ether oxygens (including phenoxy) is 1. The molecular formula is C25H26N4O2. The molecule has 1 heterocycles. The number of aromatic hydroxyl groups is 1. The molecule has 1 aromatic heterocycles. The highest BCUT2D eigenvalue weighted by molar-refractivity contribution is 5.85. The number of nitrogens with one attached hydrogen (secondary N) is 1. The zero-order valence-electron chi connectivity index (χ0n) is 18.0. The Hall–Kier alpha value is -3.67. The lowest BCUT2D eigenvalue weighted by molar-refractivity contribution is 0.408. The molecule has 0 saturated carbocycles. The van der Waals surface area contributed by atoms with E-state index in [1.54, 1.807) is 19.2 Å². The Labute approximate surface area is 182 Å². The van der Waals surface area contributed by atoms with Gasteiger partial charge in [-0.3, -0.25) is 0 Å². The lowest BCUT2D eigenvalue weighted by atomic mass is 10.0. The number of unbranched alkanes of at least 4 members (excludes halogenated alkanes) is 1. The molecule has 0 atom stereocenters. The van der Waals surface area contributed by atoms with Crippen LogP contribution >= 0.6 is 0 Å². The number of aryl methyl sites for hydroxylation is 2. The minimum atomic E-state index is 0.150. The quantitative estimate of drug-likeness (QED) is 0.398. The lowest BCUT2D eigenvalue weighted by Gasteiger charge is -2.10. The van der Waals surface area contributed by atoms with E-state index in [0.29, 0.717) is 17.2 Å². The molecular weight excluding hydrogens is 388 g/mol. The van der Waals surface area contributed by atoms with E-state index >= 15 is 0 Å². The first kappa shape index (κ1) is 20.6. The number of rotatable bonds is 7. The highest BCUT2D eigenvalue weighted by Crippen LogP contribution is 2.31. The van der Waals surface area contributed by atoms with E-state index < -0.39 is 0 Å². The molecule has 2 N–H and O–H groups in total. The van der Waals surface area contributed by atoms with Gasteiger partial charge < -0.3 is 15.2 Å². The number of hydrogen-bond donors (Lipinski definition) is 2. The summed E-state index contributed by atoms with van der Waals surface area (Å²) in [5.41, 5.74) is 6.47. The molecule has 0 fully saturated rings. The third-order valence-electron chi connectivity index (χ3n) is 5.24. The monoisotopic (exact) mass is 414 g/mol. The van der Waals surface area contributed by atoms with Crippen molar-refractivity contribution in [3.63, 3.8) is 0 Å². The topological polar surface area (TPSA) is 80.2 Å². The standard InChI is InChI=1S/C25H26N4O2/c1-4-5-6-17-7-9-20(10-8-17)26-25-27-24-16(2)11-18(14-23(24)28-29-25)19-12-21(30)15-22(13-19)31-3/h7-15,30H,4-6H2,1-3H3,(H,26,27,29). The zero-order chi connectivity index (χ0) is 21.8. The fourth-order valence-corrected chi connectivity index (χ4v) is 3.56. The van der Waals surface area contributed by atoms with E-state index in [-0.39, 0.29) is 5.75 Å². The molecule has 0 radical (unpaired) electrons. The molecule has 3 aromatic carbocycles. The Bertz CT molecular complexity index is 1210. The van der Waals surface area contributed by atoms with Crippen molar-refractivity contribution < 1.29 is 9.84 Å². The zero-order valence-corrected chi connectivity index (χ0v) is 18.0. The summed E-state index contributed by atoms with van der Waals surface area (Å²) < 4.78 is 5.27. The highest BCUT2D eigenvalue weighted by Gasteiger charge is 2.10. The Morgan fingerprint density at radius 2 is 1.74 bits per heavy atom. The lowest BCUT2D eigenvalue weighted by Crippen LogP contribution is -2.01. The van der Waals surface area contributed by atoms with Crippen molar-refractivity contribution in [3.05, 3.63) is 65.7 Å². The van der Waals surface area contributed by atoms with Gasteiger partial charge in [-0.25, -0.2) is 4.98 Å². The van der Waals surface area contributed by atoms with Crippen LogP contribution < -0.4 is 10.1 Å². The van der Waals surface area contributed by atoms with Crippen molar-refractivity contribution >= 4 is 22.7 Å². The van der Waals surface area contributed by atoms with E-state index in [1.165, 1.54) is 18.4 Å². The van der Waals surface area contributed by atoms with Crippen LogP contribution in [0.2, 0.25) is 0 Å². The van der Waals surface area contributed by atoms with Crippen LogP contribution in [0.1, 0.15) is 30.9 Å². The van der Waals surface area contributed by atoms with Gasteiger partial charge in [-0.15, -0.1) is 10.2 Å². The van der Waals surface area contributed by atoms with Crippen LogP contribution in [0, 0.1) is 6.92 Å². The summed E-state index contributed by atoms with van der Waals surface area (Å²) in [5, 5.41) is 21.9. The van der Waals surface area contributed by atoms with Gasteiger partial charge in [-0.1, -0.05) is 25.5 Å². The Kier molecular flexibility index (Phi) is 5.98. The summed E-state index contributed by atoms with van der Waals surface area (Å²) in [4.78, 5) is 4.67. The summed E-state index contributed by atoms with van der Waals surface area (Å²) in [5.74, 6) is 1.21. The van der Waals surface area contributed by atoms with Crippen molar-refractivity contribution in [1.29, 1.82) is 0 Å². The van der Waals surface area contributed by atoms with Gasteiger partial charge in [-0.05, 0) is 78.4 Å². The highest BCUT2D eigenvalue weighted by atomic mass is 16.5. The third-order valence-corrected chi connectivity index (χ3v) is 5.24. The molecule has 6 nitrogen and oxygen atoms in total. The van der Waals surface area contributed by atoms with Crippen molar-refractivity contribution in [3.8, 4) is 22.6 Å². The Balaban J connectivity index is 1.61. The summed E-state index contributed by atoms with van der Waals surface area (Å²) in [7, 11) is 1.58. The number of fused-ring (bicyclic) bond motifs is 1. The van der Waals surface area contributed by atoms with Gasteiger partial charge in [0.2, 0.25) is 5.95 Å². The molecule has 4 rings (SSSR count). The molecule has 0 unspecified atom stereocenters. The summed E-state index contributed by atoms with van der Waals surface area (Å²) >= 11 is 0. The van der Waals surface area contributed by atoms with E-state index in [9.17, 15) is 5.11 Å². The van der Waals surface area contributed by atoms with Crippen LogP contribution in [-0.4, -0.2) is 27.4 Å². The average molecular weight is 415 g/mol. The Morgan fingerprint density at radius 3 is 2.48 bits per heavy atom. The summed E-state index contributed by atoms with van der Waals surface area (Å²) in [6, 6.07) is 17.5. The number of phenolic OH excluding ortho intramolecular Hbond substituents is 1. The average Bonchev–Trinajstić information content (AvgIpc) is 2.78. The van der Waals surface area contributed by atoms with Crippen LogP contribution in [0.25, 0.3) is 22.2 Å². The molecule has 0 aliphatic heterocycles. The number of nitrogens with zero attached hydrogens (tertiary/aromatic N) is 3. The maximum atomic E-state index is 9.98. The molecule has 0 aliphatic rings. The number of methoxy groups -OCH3 is 1. The first-order valence-corrected chi connectivity index (χ1v) is 10.4. The second kappa shape index (κ2) is 9.00. The van der Waals surface area contributed by atoms with Gasteiger partial charge >= 0.3 is 0 Å². The molecule has 0 amide bonds. The van der Waals surface area contributed by atoms with Gasteiger partial charge in [-0.2, -0.15) is 0 Å². The van der Waals surface area contributed by atoms with Crippen molar-refractivity contribution in [2.75, 3.05) is 12.4 Å². The van der Waals surface area contributed by atoms with Gasteiger partial charge in [0.15, 0.2) is 0 Å². The van der Waals surface area contributed by atoms with Crippen LogP contribution in [-0.2, 0) is 6.42 Å². The first-order chi connectivity index (χ1) is 15.1. The molecule has 6 heteroatoms. The van der Waals surface area contributed by atoms with Crippen molar-refractivity contribution in [2.24, 2.45) is 0 Å². The molecule has 0 aliphatic carbocycles. The first-order valence-electron chi connectivity index (χ1n) is 10.4. The van der Waals surface area contributed by atoms with E-state index in [4.69, 9.17) is 4.74 Å². The maximum Gasteiger partial charge on any atom is 0.247 e. The molecule has 0 saturated heterocycles. The van der Waals surface area contributed by atoms with Crippen LogP contribution in [0.3, 0.4) is 0 Å². The SMILES string of the molecule is CCCCc1ccc(Nc2nnc3cc(-c4cc(O)cc(OC)c4)cc(C)c3n2)cc1. The fraction of sp³-hybridized carbons (Fsp3) is 0.240. The van der Waals surface area contributed by atoms with Gasteiger partial charge in [0, 0.05) is 11.8 Å². The normalized spacial score (nSPS) is 10.9. The van der Waals surface area contributed by atoms with Gasteiger partial charge in [0.05, 0.1) is 12.6 Å². The van der Waals surface area contributed by atoms with Crippen molar-refractivity contribution in [1.82, 2.24) is 15.2 Å². The number of phenols is 1. The second-order valence-corrected chi connectivity index (χ2v) is 7.64. The molecule has 158 valence electrons. The van der Waals surface area contributed by atoms with Crippen LogP contribution in [0.5, 0.6) is 11.5 Å². The largest absolute Gasteiger partial charge is 0.508 e.